The predicted octanol–water partition coefficient (Wildman–Crippen LogP) is 7.11. The number of alkyl carbamates (subject to hydrolysis) is 1. The normalized spacial score (nSPS) is 19.1. The molecule has 54 heavy (non-hydrogen) atoms. The van der Waals surface area contributed by atoms with E-state index in [4.69, 9.17) is 9.72 Å². The molecule has 12 nitrogen and oxygen atoms in total. The van der Waals surface area contributed by atoms with Gasteiger partial charge in [0.2, 0.25) is 11.8 Å². The summed E-state index contributed by atoms with van der Waals surface area (Å²) in [6.07, 6.45) is 13.8. The number of nitrogens with one attached hydrogen (secondary N) is 3. The summed E-state index contributed by atoms with van der Waals surface area (Å²) in [4.78, 5) is 58.9. The summed E-state index contributed by atoms with van der Waals surface area (Å²) >= 11 is 0. The Morgan fingerprint density at radius 3 is 2.07 bits per heavy atom. The summed E-state index contributed by atoms with van der Waals surface area (Å²) in [7, 11) is 1.30. The first-order valence-corrected chi connectivity index (χ1v) is 19.0. The predicted molar refractivity (Wildman–Crippen MR) is 206 cm³/mol. The van der Waals surface area contributed by atoms with Crippen molar-refractivity contribution in [1.82, 2.24) is 35.1 Å². The molecule has 4 heterocycles. The van der Waals surface area contributed by atoms with Crippen molar-refractivity contribution in [3.05, 3.63) is 102 Å². The lowest BCUT2D eigenvalue weighted by Crippen LogP contribution is -2.51. The van der Waals surface area contributed by atoms with Crippen molar-refractivity contribution in [2.24, 2.45) is 5.92 Å². The van der Waals surface area contributed by atoms with Gasteiger partial charge < -0.3 is 34.9 Å². The van der Waals surface area contributed by atoms with Crippen molar-refractivity contribution in [2.45, 2.75) is 83.3 Å². The molecule has 2 aromatic carbocycles. The highest BCUT2D eigenvalue weighted by Crippen LogP contribution is 2.36. The number of hydrogen-bond acceptors (Lipinski definition) is 7. The number of imidazole rings is 2. The SMILES string of the molecule is COC(=O)N[C@H](C(=O)N1CCC[C@H]1c1ncc(-c2ccc(C3=CC=C(c4cnc([C@@H]5CCCN5C(=O)CCc5ccc(O)cc5)[nH]4)CC3)cc2)[nH]1)C(C)C. The number of amides is 3. The Balaban J connectivity index is 0.971. The number of rotatable bonds is 11. The molecule has 2 fully saturated rings. The molecule has 0 spiro atoms. The highest BCUT2D eigenvalue weighted by atomic mass is 16.5. The van der Waals surface area contributed by atoms with Crippen LogP contribution < -0.4 is 5.32 Å². The van der Waals surface area contributed by atoms with Crippen molar-refractivity contribution >= 4 is 29.1 Å². The monoisotopic (exact) mass is 731 g/mol. The van der Waals surface area contributed by atoms with E-state index in [1.807, 2.05) is 48.2 Å². The van der Waals surface area contributed by atoms with E-state index in [0.29, 0.717) is 19.4 Å². The third kappa shape index (κ3) is 7.97. The smallest absolute Gasteiger partial charge is 0.407 e. The van der Waals surface area contributed by atoms with E-state index in [2.05, 4.69) is 56.7 Å². The van der Waals surface area contributed by atoms with Crippen LogP contribution in [0.2, 0.25) is 0 Å². The van der Waals surface area contributed by atoms with Crippen LogP contribution in [-0.4, -0.2) is 79.0 Å². The Bertz CT molecular complexity index is 2030. The molecule has 2 saturated heterocycles. The van der Waals surface area contributed by atoms with Crippen LogP contribution in [0.4, 0.5) is 4.79 Å². The number of aromatic nitrogens is 4. The zero-order valence-electron chi connectivity index (χ0n) is 31.2. The van der Waals surface area contributed by atoms with Crippen LogP contribution in [0.15, 0.2) is 73.1 Å². The van der Waals surface area contributed by atoms with Gasteiger partial charge in [-0.2, -0.15) is 0 Å². The molecule has 7 rings (SSSR count). The number of H-pyrrole nitrogens is 2. The Kier molecular flexibility index (Phi) is 11.0. The van der Waals surface area contributed by atoms with Gasteiger partial charge in [0.25, 0.3) is 0 Å². The molecular weight excluding hydrogens is 683 g/mol. The maximum atomic E-state index is 13.5. The van der Waals surface area contributed by atoms with E-state index in [-0.39, 0.29) is 35.6 Å². The summed E-state index contributed by atoms with van der Waals surface area (Å²) in [5, 5.41) is 12.2. The number of allylic oxidation sites excluding steroid dienone is 4. The van der Waals surface area contributed by atoms with Gasteiger partial charge >= 0.3 is 6.09 Å². The second-order valence-electron chi connectivity index (χ2n) is 14.8. The van der Waals surface area contributed by atoms with E-state index >= 15 is 0 Å². The van der Waals surface area contributed by atoms with Crippen LogP contribution in [0.25, 0.3) is 22.4 Å². The number of methoxy groups -OCH3 is 1. The van der Waals surface area contributed by atoms with Crippen molar-refractivity contribution in [3.8, 4) is 17.0 Å². The summed E-state index contributed by atoms with van der Waals surface area (Å²) in [5.74, 6) is 1.73. The summed E-state index contributed by atoms with van der Waals surface area (Å²) in [6.45, 7) is 5.16. The van der Waals surface area contributed by atoms with Crippen molar-refractivity contribution in [1.29, 1.82) is 0 Å². The first-order valence-electron chi connectivity index (χ1n) is 19.0. The Morgan fingerprint density at radius 1 is 0.833 bits per heavy atom. The first-order chi connectivity index (χ1) is 26.2. The summed E-state index contributed by atoms with van der Waals surface area (Å²) in [6, 6.07) is 14.6. The molecule has 1 aliphatic carbocycles. The second kappa shape index (κ2) is 16.2. The molecule has 3 aliphatic rings. The van der Waals surface area contributed by atoms with Gasteiger partial charge in [0.15, 0.2) is 0 Å². The zero-order chi connectivity index (χ0) is 37.8. The fraction of sp³-hybridized carbons (Fsp3) is 0.405. The maximum absolute atomic E-state index is 13.5. The van der Waals surface area contributed by atoms with Crippen LogP contribution in [0.5, 0.6) is 5.75 Å². The number of carbonyl (C=O) groups excluding carboxylic acids is 3. The fourth-order valence-corrected chi connectivity index (χ4v) is 7.89. The molecule has 0 saturated carbocycles. The Labute approximate surface area is 315 Å². The fourth-order valence-electron chi connectivity index (χ4n) is 7.89. The number of phenolic OH excluding ortho intramolecular Hbond substituents is 1. The number of benzene rings is 2. The lowest BCUT2D eigenvalue weighted by atomic mass is 9.91. The standard InChI is InChI=1S/C42H49N7O5/c1-26(2)38(47-42(53)54-3)41(52)49-23-5-7-36(49)40-44-25-34(46-40)31-17-13-29(14-18-31)28-11-15-30(16-12-28)33-24-43-39(45-33)35-6-4-22-48(35)37(51)21-10-27-8-19-32(50)20-9-27/h8-9,11,13-15,17-20,24-26,35-36,38,50H,4-7,10,12,16,21-23H2,1-3H3,(H,43,45)(H,44,46)(H,47,53)/t35-,36-,38-/m0/s1. The molecule has 0 radical (unpaired) electrons. The second-order valence-corrected chi connectivity index (χ2v) is 14.8. The molecule has 3 atom stereocenters. The van der Waals surface area contributed by atoms with E-state index in [1.165, 1.54) is 18.3 Å². The van der Waals surface area contributed by atoms with E-state index in [0.717, 1.165) is 84.8 Å². The van der Waals surface area contributed by atoms with Gasteiger partial charge in [-0.15, -0.1) is 0 Å². The number of carbonyl (C=O) groups is 3. The third-order valence-electron chi connectivity index (χ3n) is 10.9. The van der Waals surface area contributed by atoms with Gasteiger partial charge in [0.1, 0.15) is 23.4 Å². The van der Waals surface area contributed by atoms with Gasteiger partial charge in [-0.3, -0.25) is 9.59 Å². The minimum absolute atomic E-state index is 0.0435. The number of aromatic amines is 2. The topological polar surface area (TPSA) is 157 Å². The Hall–Kier alpha value is -5.65. The van der Waals surface area contributed by atoms with Crippen molar-refractivity contribution in [2.75, 3.05) is 20.2 Å². The first kappa shape index (κ1) is 36.7. The maximum Gasteiger partial charge on any atom is 0.407 e. The van der Waals surface area contributed by atoms with Gasteiger partial charge in [-0.05, 0) is 90.8 Å². The quantitative estimate of drug-likeness (QED) is 0.128. The van der Waals surface area contributed by atoms with Crippen LogP contribution in [-0.2, 0) is 20.7 Å². The van der Waals surface area contributed by atoms with Crippen LogP contribution in [0.3, 0.4) is 0 Å². The average molecular weight is 732 g/mol. The molecular formula is C42H49N7O5. The highest BCUT2D eigenvalue weighted by Gasteiger charge is 2.37. The number of aromatic hydroxyl groups is 1. The van der Waals surface area contributed by atoms with Crippen LogP contribution >= 0.6 is 0 Å². The largest absolute Gasteiger partial charge is 0.508 e. The molecule has 2 aromatic heterocycles. The minimum Gasteiger partial charge on any atom is -0.508 e. The molecule has 4 aromatic rings. The molecule has 282 valence electrons. The average Bonchev–Trinajstić information content (AvgIpc) is 4.03. The van der Waals surface area contributed by atoms with E-state index < -0.39 is 12.1 Å². The van der Waals surface area contributed by atoms with Crippen LogP contribution in [0, 0.1) is 5.92 Å². The van der Waals surface area contributed by atoms with Gasteiger partial charge in [-0.1, -0.05) is 62.4 Å². The van der Waals surface area contributed by atoms with Crippen LogP contribution in [0.1, 0.15) is 99.3 Å². The van der Waals surface area contributed by atoms with Gasteiger partial charge in [-0.25, -0.2) is 14.8 Å². The molecule has 2 aliphatic heterocycles. The Morgan fingerprint density at radius 2 is 1.43 bits per heavy atom. The lowest BCUT2D eigenvalue weighted by Gasteiger charge is -2.30. The van der Waals surface area contributed by atoms with Gasteiger partial charge in [0, 0.05) is 19.5 Å². The summed E-state index contributed by atoms with van der Waals surface area (Å²) < 4.78 is 4.76. The molecule has 3 amide bonds. The number of phenols is 1. The van der Waals surface area contributed by atoms with Crippen molar-refractivity contribution < 1.29 is 24.2 Å². The number of nitrogens with zero attached hydrogens (tertiary/aromatic N) is 4. The number of hydrogen-bond donors (Lipinski definition) is 4. The number of aryl methyl sites for hydroxylation is 1. The zero-order valence-corrected chi connectivity index (χ0v) is 31.2. The lowest BCUT2D eigenvalue weighted by molar-refractivity contribution is -0.135. The minimum atomic E-state index is -0.675. The number of ether oxygens (including phenoxy) is 1. The highest BCUT2D eigenvalue weighted by molar-refractivity contribution is 5.86. The van der Waals surface area contributed by atoms with Gasteiger partial charge in [0.05, 0.1) is 43.0 Å². The molecule has 0 unspecified atom stereocenters. The molecule has 12 heteroatoms. The third-order valence-corrected chi connectivity index (χ3v) is 10.9. The van der Waals surface area contributed by atoms with Crippen molar-refractivity contribution in [3.63, 3.8) is 0 Å². The van der Waals surface area contributed by atoms with E-state index in [1.54, 1.807) is 12.1 Å². The van der Waals surface area contributed by atoms with E-state index in [9.17, 15) is 19.5 Å². The number of likely N-dealkylation sites (tertiary alicyclic amines) is 2. The summed E-state index contributed by atoms with van der Waals surface area (Å²) in [5.41, 5.74) is 7.55. The molecule has 0 bridgehead atoms. The molecule has 4 N–H and O–H groups in total.